The number of likely N-dealkylation sites (tertiary alicyclic amines) is 1. The van der Waals surface area contributed by atoms with Gasteiger partial charge >= 0.3 is 5.97 Å². The molecule has 0 aliphatic carbocycles. The molecule has 2 aromatic rings. The number of rotatable bonds is 5. The lowest BCUT2D eigenvalue weighted by Gasteiger charge is -2.31. The smallest absolute Gasteiger partial charge is 0.309 e. The third kappa shape index (κ3) is 4.32. The summed E-state index contributed by atoms with van der Waals surface area (Å²) in [6, 6.07) is 9.13. The second kappa shape index (κ2) is 8.89. The Morgan fingerprint density at radius 3 is 2.71 bits per heavy atom. The highest BCUT2D eigenvalue weighted by molar-refractivity contribution is 6.15. The molecule has 0 bridgehead atoms. The van der Waals surface area contributed by atoms with Crippen LogP contribution >= 0.6 is 0 Å². The fourth-order valence-corrected chi connectivity index (χ4v) is 3.99. The number of hydrogen-bond donors (Lipinski definition) is 1. The summed E-state index contributed by atoms with van der Waals surface area (Å²) < 4.78 is 24.9. The van der Waals surface area contributed by atoms with Crippen molar-refractivity contribution < 1.29 is 28.6 Å². The zero-order valence-electron chi connectivity index (χ0n) is 17.3. The maximum atomic E-state index is 14.0. The number of benzene rings is 2. The first-order chi connectivity index (χ1) is 15.0. The number of phenols is 1. The van der Waals surface area contributed by atoms with Gasteiger partial charge in [0.15, 0.2) is 5.76 Å². The summed E-state index contributed by atoms with van der Waals surface area (Å²) in [5, 5.41) is 10.5. The molecule has 2 aliphatic heterocycles. The molecule has 0 saturated carbocycles. The van der Waals surface area contributed by atoms with E-state index in [0.717, 1.165) is 0 Å². The van der Waals surface area contributed by atoms with Crippen LogP contribution in [0.4, 0.5) is 4.39 Å². The van der Waals surface area contributed by atoms with Gasteiger partial charge in [-0.2, -0.15) is 0 Å². The molecule has 162 valence electrons. The van der Waals surface area contributed by atoms with Crippen LogP contribution in [0.5, 0.6) is 11.5 Å². The van der Waals surface area contributed by atoms with Gasteiger partial charge in [-0.15, -0.1) is 0 Å². The molecule has 0 unspecified atom stereocenters. The van der Waals surface area contributed by atoms with E-state index in [-0.39, 0.29) is 34.7 Å². The maximum Gasteiger partial charge on any atom is 0.309 e. The third-order valence-corrected chi connectivity index (χ3v) is 5.70. The van der Waals surface area contributed by atoms with Gasteiger partial charge in [-0.25, -0.2) is 4.39 Å². The molecule has 4 rings (SSSR count). The number of carbonyl (C=O) groups is 2. The monoisotopic (exact) mass is 425 g/mol. The van der Waals surface area contributed by atoms with E-state index in [1.54, 1.807) is 25.1 Å². The molecule has 2 heterocycles. The van der Waals surface area contributed by atoms with Crippen LogP contribution in [0.3, 0.4) is 0 Å². The number of Topliss-reactive ketones (excluding diaryl/α,β-unsaturated/α-hetero) is 1. The van der Waals surface area contributed by atoms with Gasteiger partial charge in [0, 0.05) is 12.1 Å². The molecule has 1 fully saturated rings. The molecule has 0 aromatic heterocycles. The van der Waals surface area contributed by atoms with Crippen LogP contribution < -0.4 is 4.74 Å². The summed E-state index contributed by atoms with van der Waals surface area (Å²) in [6.45, 7) is 3.88. The first-order valence-electron chi connectivity index (χ1n) is 10.4. The van der Waals surface area contributed by atoms with Gasteiger partial charge < -0.3 is 14.6 Å². The second-order valence-electron chi connectivity index (χ2n) is 7.70. The Morgan fingerprint density at radius 1 is 1.26 bits per heavy atom. The van der Waals surface area contributed by atoms with Gasteiger partial charge in [-0.05, 0) is 57.1 Å². The lowest BCUT2D eigenvalue weighted by Crippen LogP contribution is -2.36. The maximum absolute atomic E-state index is 14.0. The van der Waals surface area contributed by atoms with Crippen LogP contribution in [0.2, 0.25) is 0 Å². The Labute approximate surface area is 179 Å². The molecular formula is C24H24FNO5. The van der Waals surface area contributed by atoms with E-state index < -0.39 is 5.82 Å². The van der Waals surface area contributed by atoms with Gasteiger partial charge in [0.05, 0.1) is 23.7 Å². The van der Waals surface area contributed by atoms with E-state index in [1.165, 1.54) is 24.3 Å². The quantitative estimate of drug-likeness (QED) is 0.578. The van der Waals surface area contributed by atoms with Crippen LogP contribution in [0.15, 0.2) is 42.2 Å². The van der Waals surface area contributed by atoms with Crippen LogP contribution in [-0.4, -0.2) is 41.5 Å². The summed E-state index contributed by atoms with van der Waals surface area (Å²) in [6.07, 6.45) is 2.73. The standard InChI is InChI=1S/C24H24FNO5/c1-2-30-24(29)15-9-11-26(12-10-15)14-18-20(27)8-7-17-22(28)21(31-23(17)18)13-16-5-3-4-6-19(16)25/h3-8,13,15,27H,2,9-12,14H2,1H3/b21-13+. The molecule has 31 heavy (non-hydrogen) atoms. The minimum absolute atomic E-state index is 0.0213. The average molecular weight is 425 g/mol. The van der Waals surface area contributed by atoms with Crippen LogP contribution in [0.25, 0.3) is 6.08 Å². The summed E-state index contributed by atoms with van der Waals surface area (Å²) in [4.78, 5) is 26.8. The Morgan fingerprint density at radius 2 is 2.00 bits per heavy atom. The normalized spacial score (nSPS) is 18.1. The Bertz CT molecular complexity index is 1040. The molecule has 2 aromatic carbocycles. The summed E-state index contributed by atoms with van der Waals surface area (Å²) >= 11 is 0. The predicted octanol–water partition coefficient (Wildman–Crippen LogP) is 3.92. The van der Waals surface area contributed by atoms with Crippen molar-refractivity contribution in [3.05, 3.63) is 64.7 Å². The Hall–Kier alpha value is -3.19. The highest BCUT2D eigenvalue weighted by Crippen LogP contribution is 2.40. The molecule has 1 saturated heterocycles. The summed E-state index contributed by atoms with van der Waals surface area (Å²) in [7, 11) is 0. The van der Waals surface area contributed by atoms with Crippen molar-refractivity contribution in [3.63, 3.8) is 0 Å². The number of aromatic hydroxyl groups is 1. The van der Waals surface area contributed by atoms with E-state index in [0.29, 0.717) is 56.0 Å². The first-order valence-corrected chi connectivity index (χ1v) is 10.4. The predicted molar refractivity (Wildman–Crippen MR) is 112 cm³/mol. The highest BCUT2D eigenvalue weighted by Gasteiger charge is 2.33. The van der Waals surface area contributed by atoms with Gasteiger partial charge in [-0.3, -0.25) is 14.5 Å². The number of piperidine rings is 1. The van der Waals surface area contributed by atoms with E-state index in [1.807, 2.05) is 0 Å². The number of ketones is 1. The number of ether oxygens (including phenoxy) is 2. The highest BCUT2D eigenvalue weighted by atomic mass is 19.1. The molecule has 0 spiro atoms. The Balaban J connectivity index is 1.52. The molecule has 0 radical (unpaired) electrons. The van der Waals surface area contributed by atoms with Crippen molar-refractivity contribution >= 4 is 17.8 Å². The van der Waals surface area contributed by atoms with E-state index in [4.69, 9.17) is 9.47 Å². The molecular weight excluding hydrogens is 401 g/mol. The zero-order chi connectivity index (χ0) is 22.0. The number of carbonyl (C=O) groups excluding carboxylic acids is 2. The second-order valence-corrected chi connectivity index (χ2v) is 7.70. The van der Waals surface area contributed by atoms with Crippen LogP contribution in [-0.2, 0) is 16.1 Å². The fraction of sp³-hybridized carbons (Fsp3) is 0.333. The van der Waals surface area contributed by atoms with Gasteiger partial charge in [0.25, 0.3) is 0 Å². The fourth-order valence-electron chi connectivity index (χ4n) is 3.99. The van der Waals surface area contributed by atoms with Crippen molar-refractivity contribution in [2.75, 3.05) is 19.7 Å². The van der Waals surface area contributed by atoms with Crippen molar-refractivity contribution in [2.24, 2.45) is 5.92 Å². The topological polar surface area (TPSA) is 76.1 Å². The van der Waals surface area contributed by atoms with Crippen molar-refractivity contribution in [3.8, 4) is 11.5 Å². The van der Waals surface area contributed by atoms with Gasteiger partial charge in [0.2, 0.25) is 5.78 Å². The number of halogens is 1. The van der Waals surface area contributed by atoms with E-state index in [9.17, 15) is 19.1 Å². The minimum Gasteiger partial charge on any atom is -0.507 e. The lowest BCUT2D eigenvalue weighted by atomic mass is 9.96. The molecule has 0 amide bonds. The van der Waals surface area contributed by atoms with E-state index >= 15 is 0 Å². The van der Waals surface area contributed by atoms with Crippen LogP contribution in [0.1, 0.15) is 41.3 Å². The number of allylic oxidation sites excluding steroid dienone is 1. The van der Waals surface area contributed by atoms with Crippen molar-refractivity contribution in [2.45, 2.75) is 26.3 Å². The largest absolute Gasteiger partial charge is 0.507 e. The average Bonchev–Trinajstić information content (AvgIpc) is 3.08. The zero-order valence-corrected chi connectivity index (χ0v) is 17.3. The number of fused-ring (bicyclic) bond motifs is 1. The minimum atomic E-state index is -0.449. The summed E-state index contributed by atoms with van der Waals surface area (Å²) in [5.74, 6) is -0.712. The summed E-state index contributed by atoms with van der Waals surface area (Å²) in [5.41, 5.74) is 1.11. The molecule has 0 atom stereocenters. The van der Waals surface area contributed by atoms with Crippen molar-refractivity contribution in [1.82, 2.24) is 4.90 Å². The van der Waals surface area contributed by atoms with Gasteiger partial charge in [-0.1, -0.05) is 18.2 Å². The molecule has 2 aliphatic rings. The number of nitrogens with zero attached hydrogens (tertiary/aromatic N) is 1. The molecule has 1 N–H and O–H groups in total. The molecule has 6 nitrogen and oxygen atoms in total. The Kier molecular flexibility index (Phi) is 6.04. The lowest BCUT2D eigenvalue weighted by molar-refractivity contribution is -0.149. The van der Waals surface area contributed by atoms with Crippen molar-refractivity contribution in [1.29, 1.82) is 0 Å². The SMILES string of the molecule is CCOC(=O)C1CCN(Cc2c(O)ccc3c2O/C(=C/c2ccccc2F)C3=O)CC1. The number of phenolic OH excluding ortho intramolecular Hbond substituents is 1. The number of hydrogen-bond acceptors (Lipinski definition) is 6. The third-order valence-electron chi connectivity index (χ3n) is 5.70. The van der Waals surface area contributed by atoms with Gasteiger partial charge in [0.1, 0.15) is 17.3 Å². The molecule has 7 heteroatoms. The first kappa shape index (κ1) is 21.1. The number of esters is 1. The van der Waals surface area contributed by atoms with Crippen LogP contribution in [0, 0.1) is 11.7 Å². The van der Waals surface area contributed by atoms with E-state index in [2.05, 4.69) is 4.90 Å².